The molecule has 0 aliphatic heterocycles. The number of halogens is 1. The number of esters is 1. The first kappa shape index (κ1) is 18.8. The third-order valence-electron chi connectivity index (χ3n) is 2.92. The fourth-order valence-corrected chi connectivity index (χ4v) is 1.98. The van der Waals surface area contributed by atoms with Gasteiger partial charge in [0, 0.05) is 13.0 Å². The number of hydrogen-bond acceptors (Lipinski definition) is 4. The molecule has 0 aromatic heterocycles. The molecule has 22 heavy (non-hydrogen) atoms. The molecular weight excluding hydrogens is 366 g/mol. The lowest BCUT2D eigenvalue weighted by atomic mass is 10.2. The summed E-state index contributed by atoms with van der Waals surface area (Å²) in [5, 5.41) is 4.15. The number of ether oxygens (including phenoxy) is 1. The average Bonchev–Trinajstić information content (AvgIpc) is 2.56. The Kier molecular flexibility index (Phi) is 9.66. The maximum atomic E-state index is 11.6. The molecule has 120 valence electrons. The molecule has 1 N–H and O–H groups in total. The van der Waals surface area contributed by atoms with Crippen molar-refractivity contribution in [3.63, 3.8) is 0 Å². The number of rotatable bonds is 9. The van der Waals surface area contributed by atoms with E-state index < -0.39 is 0 Å². The topological polar surface area (TPSA) is 55.4 Å². The van der Waals surface area contributed by atoms with E-state index in [9.17, 15) is 9.59 Å². The third kappa shape index (κ3) is 8.24. The molecule has 4 nitrogen and oxygen atoms in total. The van der Waals surface area contributed by atoms with Gasteiger partial charge in [-0.3, -0.25) is 9.59 Å². The van der Waals surface area contributed by atoms with Gasteiger partial charge in [0.25, 0.3) is 5.91 Å². The van der Waals surface area contributed by atoms with Crippen LogP contribution in [0.3, 0.4) is 0 Å². The standard InChI is InChI=1S/C16H20BrNO3S/c17-14(12-22)16(20)18-10-6-2-5-9-15(19)21-11-13-7-3-1-4-8-13/h1,3-4,7-8,12,22H,2,5-6,9-11H2,(H,18,20)/b14-12+. The van der Waals surface area contributed by atoms with Crippen molar-refractivity contribution in [2.24, 2.45) is 0 Å². The molecule has 1 rings (SSSR count). The van der Waals surface area contributed by atoms with Crippen molar-refractivity contribution in [1.29, 1.82) is 0 Å². The van der Waals surface area contributed by atoms with Crippen molar-refractivity contribution in [2.75, 3.05) is 6.54 Å². The first-order valence-corrected chi connectivity index (χ1v) is 8.42. The highest BCUT2D eigenvalue weighted by Gasteiger charge is 2.05. The van der Waals surface area contributed by atoms with Crippen molar-refractivity contribution in [2.45, 2.75) is 32.3 Å². The van der Waals surface area contributed by atoms with E-state index in [1.165, 1.54) is 5.41 Å². The number of carbonyl (C=O) groups excluding carboxylic acids is 2. The minimum Gasteiger partial charge on any atom is -0.461 e. The third-order valence-corrected chi connectivity index (χ3v) is 4.12. The molecule has 0 atom stereocenters. The molecule has 1 aromatic rings. The van der Waals surface area contributed by atoms with E-state index in [1.54, 1.807) is 0 Å². The SMILES string of the molecule is O=C(CCCCCNC(=O)/C(Br)=C\S)OCc1ccccc1. The van der Waals surface area contributed by atoms with Crippen LogP contribution in [0.1, 0.15) is 31.2 Å². The molecule has 1 aromatic carbocycles. The van der Waals surface area contributed by atoms with E-state index >= 15 is 0 Å². The van der Waals surface area contributed by atoms with Crippen molar-refractivity contribution < 1.29 is 14.3 Å². The zero-order valence-corrected chi connectivity index (χ0v) is 14.7. The second kappa shape index (κ2) is 11.3. The zero-order valence-electron chi connectivity index (χ0n) is 12.3. The van der Waals surface area contributed by atoms with E-state index in [4.69, 9.17) is 4.74 Å². The van der Waals surface area contributed by atoms with Gasteiger partial charge < -0.3 is 10.1 Å². The van der Waals surface area contributed by atoms with Crippen LogP contribution in [0.5, 0.6) is 0 Å². The summed E-state index contributed by atoms with van der Waals surface area (Å²) in [6, 6.07) is 9.60. The van der Waals surface area contributed by atoms with Gasteiger partial charge in [-0.05, 0) is 39.7 Å². The van der Waals surface area contributed by atoms with Gasteiger partial charge in [-0.2, -0.15) is 12.6 Å². The summed E-state index contributed by atoms with van der Waals surface area (Å²) in [5.74, 6) is -0.370. The summed E-state index contributed by atoms with van der Waals surface area (Å²) in [6.07, 6.45) is 2.85. The monoisotopic (exact) mass is 385 g/mol. The Balaban J connectivity index is 2.02. The molecule has 0 fully saturated rings. The molecule has 0 saturated carbocycles. The van der Waals surface area contributed by atoms with E-state index in [-0.39, 0.29) is 11.9 Å². The fraction of sp³-hybridized carbons (Fsp3) is 0.375. The molecule has 0 radical (unpaired) electrons. The molecule has 0 aliphatic rings. The van der Waals surface area contributed by atoms with Crippen LogP contribution in [0, 0.1) is 0 Å². The van der Waals surface area contributed by atoms with E-state index in [1.807, 2.05) is 30.3 Å². The molecule has 0 saturated heterocycles. The highest BCUT2D eigenvalue weighted by molar-refractivity contribution is 9.12. The summed E-state index contributed by atoms with van der Waals surface area (Å²) < 4.78 is 5.59. The van der Waals surface area contributed by atoms with Crippen molar-refractivity contribution >= 4 is 40.4 Å². The van der Waals surface area contributed by atoms with Crippen LogP contribution in [-0.2, 0) is 20.9 Å². The number of amides is 1. The van der Waals surface area contributed by atoms with Crippen LogP contribution < -0.4 is 5.32 Å². The van der Waals surface area contributed by atoms with Crippen molar-refractivity contribution in [3.05, 3.63) is 45.8 Å². The first-order valence-electron chi connectivity index (χ1n) is 7.11. The number of thiol groups is 1. The van der Waals surface area contributed by atoms with Gasteiger partial charge in [-0.15, -0.1) is 0 Å². The van der Waals surface area contributed by atoms with Gasteiger partial charge in [0.15, 0.2) is 0 Å². The van der Waals surface area contributed by atoms with Crippen LogP contribution in [0.4, 0.5) is 0 Å². The van der Waals surface area contributed by atoms with Gasteiger partial charge in [0.2, 0.25) is 0 Å². The second-order valence-corrected chi connectivity index (χ2v) is 5.80. The maximum Gasteiger partial charge on any atom is 0.306 e. The number of unbranched alkanes of at least 4 members (excludes halogenated alkanes) is 2. The lowest BCUT2D eigenvalue weighted by Crippen LogP contribution is -2.24. The van der Waals surface area contributed by atoms with E-state index in [0.29, 0.717) is 24.1 Å². The Morgan fingerprint density at radius 1 is 1.18 bits per heavy atom. The molecule has 0 unspecified atom stereocenters. The minimum absolute atomic E-state index is 0.183. The van der Waals surface area contributed by atoms with Crippen molar-refractivity contribution in [3.8, 4) is 0 Å². The number of nitrogens with one attached hydrogen (secondary N) is 1. The smallest absolute Gasteiger partial charge is 0.306 e. The molecule has 0 aliphatic carbocycles. The Morgan fingerprint density at radius 3 is 2.59 bits per heavy atom. The summed E-state index contributed by atoms with van der Waals surface area (Å²) in [7, 11) is 0. The molecule has 1 amide bonds. The van der Waals surface area contributed by atoms with Crippen LogP contribution in [-0.4, -0.2) is 18.4 Å². The molecule has 0 bridgehead atoms. The van der Waals surface area contributed by atoms with Gasteiger partial charge >= 0.3 is 5.97 Å². The van der Waals surface area contributed by atoms with Crippen molar-refractivity contribution in [1.82, 2.24) is 5.32 Å². The normalized spacial score (nSPS) is 11.1. The second-order valence-electron chi connectivity index (χ2n) is 4.69. The van der Waals surface area contributed by atoms with E-state index in [2.05, 4.69) is 33.9 Å². The zero-order chi connectivity index (χ0) is 16.2. The van der Waals surface area contributed by atoms with Crippen LogP contribution in [0.15, 0.2) is 40.2 Å². The maximum absolute atomic E-state index is 11.6. The van der Waals surface area contributed by atoms with E-state index in [0.717, 1.165) is 24.8 Å². The number of hydrogen-bond donors (Lipinski definition) is 2. The Bertz CT molecular complexity index is 505. The molecule has 0 spiro atoms. The average molecular weight is 386 g/mol. The summed E-state index contributed by atoms with van der Waals surface area (Å²) in [4.78, 5) is 23.0. The highest BCUT2D eigenvalue weighted by atomic mass is 79.9. The largest absolute Gasteiger partial charge is 0.461 e. The summed E-state index contributed by atoms with van der Waals surface area (Å²) in [5.41, 5.74) is 0.987. The van der Waals surface area contributed by atoms with Gasteiger partial charge in [0.05, 0.1) is 4.48 Å². The minimum atomic E-state index is -0.186. The predicted molar refractivity (Wildman–Crippen MR) is 93.7 cm³/mol. The Hall–Kier alpha value is -1.27. The van der Waals surface area contributed by atoms with Gasteiger partial charge in [-0.1, -0.05) is 36.8 Å². The van der Waals surface area contributed by atoms with Crippen LogP contribution in [0.25, 0.3) is 0 Å². The van der Waals surface area contributed by atoms with Crippen LogP contribution >= 0.6 is 28.6 Å². The molecule has 6 heteroatoms. The summed E-state index contributed by atoms with van der Waals surface area (Å²) >= 11 is 6.97. The Morgan fingerprint density at radius 2 is 1.91 bits per heavy atom. The molecule has 0 heterocycles. The molecular formula is C16H20BrNO3S. The number of benzene rings is 1. The van der Waals surface area contributed by atoms with Crippen LogP contribution in [0.2, 0.25) is 0 Å². The summed E-state index contributed by atoms with van der Waals surface area (Å²) in [6.45, 7) is 0.897. The van der Waals surface area contributed by atoms with Gasteiger partial charge in [0.1, 0.15) is 6.61 Å². The Labute approximate surface area is 144 Å². The lowest BCUT2D eigenvalue weighted by molar-refractivity contribution is -0.145. The fourth-order valence-electron chi connectivity index (χ4n) is 1.73. The first-order chi connectivity index (χ1) is 10.6. The predicted octanol–water partition coefficient (Wildman–Crippen LogP) is 3.57. The lowest BCUT2D eigenvalue weighted by Gasteiger charge is -2.06. The highest BCUT2D eigenvalue weighted by Crippen LogP contribution is 2.07. The van der Waals surface area contributed by atoms with Gasteiger partial charge in [-0.25, -0.2) is 0 Å². The quantitative estimate of drug-likeness (QED) is 0.295. The number of carbonyl (C=O) groups is 2.